The van der Waals surface area contributed by atoms with Crippen molar-refractivity contribution in [3.05, 3.63) is 29.8 Å². The lowest BCUT2D eigenvalue weighted by Gasteiger charge is -2.32. The zero-order chi connectivity index (χ0) is 18.7. The van der Waals surface area contributed by atoms with Gasteiger partial charge in [0.15, 0.2) is 0 Å². The quantitative estimate of drug-likeness (QED) is 0.819. The van der Waals surface area contributed by atoms with Gasteiger partial charge in [0, 0.05) is 18.6 Å². The van der Waals surface area contributed by atoms with Crippen molar-refractivity contribution in [1.82, 2.24) is 5.01 Å². The molecule has 138 valence electrons. The third kappa shape index (κ3) is 4.12. The molecule has 1 aromatic rings. The molecular weight excluding hydrogens is 337 g/mol. The van der Waals surface area contributed by atoms with Gasteiger partial charge in [-0.3, -0.25) is 4.79 Å². The fraction of sp³-hybridized carbons (Fsp3) is 0.529. The van der Waals surface area contributed by atoms with Gasteiger partial charge in [0.05, 0.1) is 0 Å². The molecule has 1 aliphatic rings. The summed E-state index contributed by atoms with van der Waals surface area (Å²) in [5.74, 6) is -0.968. The molecule has 0 unspecified atom stereocenters. The number of aryl methyl sites for hydroxylation is 1. The molecule has 0 spiro atoms. The van der Waals surface area contributed by atoms with E-state index < -0.39 is 24.2 Å². The van der Waals surface area contributed by atoms with Gasteiger partial charge < -0.3 is 10.2 Å². The number of halogens is 3. The van der Waals surface area contributed by atoms with E-state index in [2.05, 4.69) is 5.10 Å². The van der Waals surface area contributed by atoms with Crippen molar-refractivity contribution < 1.29 is 28.2 Å². The van der Waals surface area contributed by atoms with Gasteiger partial charge in [-0.05, 0) is 30.9 Å². The second-order valence-corrected chi connectivity index (χ2v) is 6.10. The van der Waals surface area contributed by atoms with Crippen LogP contribution in [0.2, 0.25) is 0 Å². The first-order chi connectivity index (χ1) is 11.7. The van der Waals surface area contributed by atoms with Gasteiger partial charge in [0.1, 0.15) is 5.75 Å². The van der Waals surface area contributed by atoms with Crippen LogP contribution >= 0.6 is 0 Å². The van der Waals surface area contributed by atoms with E-state index in [0.29, 0.717) is 18.4 Å². The zero-order valence-corrected chi connectivity index (χ0v) is 13.9. The molecule has 0 saturated heterocycles. The summed E-state index contributed by atoms with van der Waals surface area (Å²) in [7, 11) is 0. The number of rotatable bonds is 6. The number of aliphatic hydroxyl groups is 1. The molecule has 1 aliphatic heterocycles. The molecule has 25 heavy (non-hydrogen) atoms. The average Bonchev–Trinajstić information content (AvgIpc) is 2.90. The summed E-state index contributed by atoms with van der Waals surface area (Å²) in [6.45, 7) is 1.89. The topological polar surface area (TPSA) is 73.1 Å². The Morgan fingerprint density at radius 3 is 2.60 bits per heavy atom. The first kappa shape index (κ1) is 19.2. The van der Waals surface area contributed by atoms with Gasteiger partial charge in [-0.15, -0.1) is 0 Å². The van der Waals surface area contributed by atoms with Crippen LogP contribution in [0.3, 0.4) is 0 Å². The van der Waals surface area contributed by atoms with E-state index >= 15 is 0 Å². The summed E-state index contributed by atoms with van der Waals surface area (Å²) < 4.78 is 40.0. The number of carbonyl (C=O) groups is 1. The molecule has 8 heteroatoms. The Kier molecular flexibility index (Phi) is 5.72. The van der Waals surface area contributed by atoms with Gasteiger partial charge in [0.25, 0.3) is 5.72 Å². The number of hydrogen-bond acceptors (Lipinski definition) is 4. The number of alkyl halides is 3. The molecule has 0 radical (unpaired) electrons. The van der Waals surface area contributed by atoms with Gasteiger partial charge in [-0.2, -0.15) is 23.3 Å². The Labute approximate surface area is 143 Å². The predicted molar refractivity (Wildman–Crippen MR) is 85.9 cm³/mol. The van der Waals surface area contributed by atoms with Crippen molar-refractivity contribution in [2.45, 2.75) is 57.3 Å². The fourth-order valence-corrected chi connectivity index (χ4v) is 2.69. The molecule has 0 fully saturated rings. The zero-order valence-electron chi connectivity index (χ0n) is 13.9. The van der Waals surface area contributed by atoms with Crippen LogP contribution < -0.4 is 0 Å². The largest absolute Gasteiger partial charge is 0.508 e. The van der Waals surface area contributed by atoms with Gasteiger partial charge in [0.2, 0.25) is 5.91 Å². The predicted octanol–water partition coefficient (Wildman–Crippen LogP) is 3.35. The highest BCUT2D eigenvalue weighted by molar-refractivity contribution is 5.90. The Morgan fingerprint density at radius 2 is 2.00 bits per heavy atom. The van der Waals surface area contributed by atoms with Crippen molar-refractivity contribution in [3.63, 3.8) is 0 Å². The number of phenolic OH excluding ortho intramolecular Hbond substituents is 1. The van der Waals surface area contributed by atoms with Crippen LogP contribution in [0.15, 0.2) is 29.4 Å². The molecule has 2 N–H and O–H groups in total. The smallest absolute Gasteiger partial charge is 0.438 e. The van der Waals surface area contributed by atoms with Crippen LogP contribution in [0.25, 0.3) is 0 Å². The SMILES string of the molecule is CCCCC1=NN(C(=O)CCc2ccccc2O)[C@@](O)(C(F)(F)F)C1. The van der Waals surface area contributed by atoms with Gasteiger partial charge in [-0.1, -0.05) is 31.5 Å². The van der Waals surface area contributed by atoms with E-state index in [-0.39, 0.29) is 29.3 Å². The van der Waals surface area contributed by atoms with E-state index in [1.54, 1.807) is 18.2 Å². The highest BCUT2D eigenvalue weighted by Crippen LogP contribution is 2.41. The average molecular weight is 358 g/mol. The van der Waals surface area contributed by atoms with Crippen LogP contribution in [0.5, 0.6) is 5.75 Å². The van der Waals surface area contributed by atoms with Crippen molar-refractivity contribution in [2.75, 3.05) is 0 Å². The lowest BCUT2D eigenvalue weighted by atomic mass is 10.0. The number of nitrogens with zero attached hydrogens (tertiary/aromatic N) is 2. The molecule has 5 nitrogen and oxygen atoms in total. The first-order valence-electron chi connectivity index (χ1n) is 8.14. The minimum atomic E-state index is -5.00. The van der Waals surface area contributed by atoms with Crippen molar-refractivity contribution in [2.24, 2.45) is 5.10 Å². The molecular formula is C17H21F3N2O3. The molecule has 0 aliphatic carbocycles. The molecule has 0 aromatic heterocycles. The molecule has 0 saturated carbocycles. The van der Waals surface area contributed by atoms with Crippen LogP contribution in [0.4, 0.5) is 13.2 Å². The van der Waals surface area contributed by atoms with E-state index in [1.807, 2.05) is 6.92 Å². The first-order valence-corrected chi connectivity index (χ1v) is 8.14. The Hall–Kier alpha value is -2.09. The standard InChI is InChI=1S/C17H21F3N2O3/c1-2-3-7-13-11-16(25,17(18,19)20)22(21-13)15(24)10-9-12-6-4-5-8-14(12)23/h4-6,8,23,25H,2-3,7,9-11H2,1H3/t16-/m0/s1. The maximum atomic E-state index is 13.3. The Balaban J connectivity index is 2.15. The number of unbranched alkanes of at least 4 members (excludes halogenated alkanes) is 1. The van der Waals surface area contributed by atoms with E-state index in [0.717, 1.165) is 6.42 Å². The van der Waals surface area contributed by atoms with Crippen LogP contribution in [-0.4, -0.2) is 38.7 Å². The Bertz CT molecular complexity index is 661. The van der Waals surface area contributed by atoms with E-state index in [1.165, 1.54) is 6.07 Å². The molecule has 1 aromatic carbocycles. The molecule has 0 bridgehead atoms. The monoisotopic (exact) mass is 358 g/mol. The van der Waals surface area contributed by atoms with Crippen molar-refractivity contribution in [1.29, 1.82) is 0 Å². The van der Waals surface area contributed by atoms with Crippen molar-refractivity contribution >= 4 is 11.6 Å². The van der Waals surface area contributed by atoms with Crippen LogP contribution in [0, 0.1) is 0 Å². The number of para-hydroxylation sites is 1. The summed E-state index contributed by atoms with van der Waals surface area (Å²) in [5.41, 5.74) is -2.69. The number of aromatic hydroxyl groups is 1. The summed E-state index contributed by atoms with van der Waals surface area (Å²) in [5, 5.41) is 23.7. The molecule has 1 atom stereocenters. The maximum Gasteiger partial charge on any atom is 0.438 e. The second-order valence-electron chi connectivity index (χ2n) is 6.10. The summed E-state index contributed by atoms with van der Waals surface area (Å²) in [4.78, 5) is 12.3. The van der Waals surface area contributed by atoms with Crippen LogP contribution in [0.1, 0.15) is 44.6 Å². The number of hydrogen-bond donors (Lipinski definition) is 2. The van der Waals surface area contributed by atoms with E-state index in [9.17, 15) is 28.2 Å². The minimum absolute atomic E-state index is 0.0325. The number of carbonyl (C=O) groups excluding carboxylic acids is 1. The highest BCUT2D eigenvalue weighted by Gasteiger charge is 2.62. The third-order valence-electron chi connectivity index (χ3n) is 4.15. The minimum Gasteiger partial charge on any atom is -0.508 e. The second kappa shape index (κ2) is 7.43. The number of hydrazone groups is 1. The van der Waals surface area contributed by atoms with Crippen LogP contribution in [-0.2, 0) is 11.2 Å². The summed E-state index contributed by atoms with van der Waals surface area (Å²) in [6.07, 6.45) is -4.28. The maximum absolute atomic E-state index is 13.3. The number of amides is 1. The normalized spacial score (nSPS) is 20.7. The molecule has 2 rings (SSSR count). The summed E-state index contributed by atoms with van der Waals surface area (Å²) in [6, 6.07) is 6.28. The highest BCUT2D eigenvalue weighted by atomic mass is 19.4. The number of phenols is 1. The third-order valence-corrected chi connectivity index (χ3v) is 4.15. The fourth-order valence-electron chi connectivity index (χ4n) is 2.69. The van der Waals surface area contributed by atoms with Crippen molar-refractivity contribution in [3.8, 4) is 5.75 Å². The van der Waals surface area contributed by atoms with Gasteiger partial charge >= 0.3 is 6.18 Å². The molecule has 1 heterocycles. The lowest BCUT2D eigenvalue weighted by molar-refractivity contribution is -0.302. The lowest BCUT2D eigenvalue weighted by Crippen LogP contribution is -2.56. The van der Waals surface area contributed by atoms with Gasteiger partial charge in [-0.25, -0.2) is 0 Å². The van der Waals surface area contributed by atoms with E-state index in [4.69, 9.17) is 0 Å². The molecule has 1 amide bonds. The Morgan fingerprint density at radius 1 is 1.32 bits per heavy atom. The number of benzene rings is 1. The summed E-state index contributed by atoms with van der Waals surface area (Å²) >= 11 is 0.